The Morgan fingerprint density at radius 2 is 1.97 bits per heavy atom. The number of aliphatic hydroxyl groups is 1. The van der Waals surface area contributed by atoms with Crippen molar-refractivity contribution < 1.29 is 14.6 Å². The number of nitrogens with one attached hydrogen (secondary N) is 2. The zero-order chi connectivity index (χ0) is 21.0. The molecule has 30 heavy (non-hydrogen) atoms. The molecule has 0 amide bonds. The largest absolute Gasteiger partial charge is 0.387 e. The van der Waals surface area contributed by atoms with E-state index < -0.39 is 5.60 Å². The predicted molar refractivity (Wildman–Crippen MR) is 133 cm³/mol. The normalized spacial score (nSPS) is 18.2. The monoisotopic (exact) mass is 534 g/mol. The first-order chi connectivity index (χ1) is 14.0. The molecular formula is C22H39IN4O3. The van der Waals surface area contributed by atoms with Crippen LogP contribution in [-0.2, 0) is 9.47 Å². The number of aliphatic imine (C=N–C) groups is 1. The van der Waals surface area contributed by atoms with Crippen LogP contribution in [0, 0.1) is 0 Å². The Bertz CT molecular complexity index is 595. The van der Waals surface area contributed by atoms with E-state index in [2.05, 4.69) is 39.6 Å². The first-order valence-corrected chi connectivity index (χ1v) is 10.7. The molecular weight excluding hydrogens is 495 g/mol. The molecule has 2 atom stereocenters. The van der Waals surface area contributed by atoms with Gasteiger partial charge in [-0.15, -0.1) is 24.0 Å². The molecule has 172 valence electrons. The number of hydrogen-bond donors (Lipinski definition) is 3. The van der Waals surface area contributed by atoms with Crippen LogP contribution in [0.3, 0.4) is 0 Å². The van der Waals surface area contributed by atoms with E-state index in [1.165, 1.54) is 5.56 Å². The number of ether oxygens (including phenoxy) is 2. The molecule has 0 radical (unpaired) electrons. The number of benzene rings is 1. The van der Waals surface area contributed by atoms with Gasteiger partial charge >= 0.3 is 0 Å². The summed E-state index contributed by atoms with van der Waals surface area (Å²) >= 11 is 0. The second-order valence-electron chi connectivity index (χ2n) is 7.78. The van der Waals surface area contributed by atoms with Crippen molar-refractivity contribution in [3.63, 3.8) is 0 Å². The lowest BCUT2D eigenvalue weighted by Gasteiger charge is -2.33. The third-order valence-corrected chi connectivity index (χ3v) is 4.84. The van der Waals surface area contributed by atoms with E-state index in [9.17, 15) is 5.11 Å². The van der Waals surface area contributed by atoms with E-state index >= 15 is 0 Å². The topological polar surface area (TPSA) is 78.4 Å². The molecule has 0 bridgehead atoms. The Balaban J connectivity index is 0.00000450. The average Bonchev–Trinajstić information content (AvgIpc) is 2.72. The van der Waals surface area contributed by atoms with Crippen molar-refractivity contribution in [2.75, 3.05) is 59.1 Å². The molecule has 0 aliphatic carbocycles. The molecule has 1 aliphatic heterocycles. The SMILES string of the molecule is CCNC(=NCC(C)(O)CN1CCOCC1)NCCCOC(C)c1ccccc1.I. The number of nitrogens with zero attached hydrogens (tertiary/aromatic N) is 2. The summed E-state index contributed by atoms with van der Waals surface area (Å²) < 4.78 is 11.3. The highest BCUT2D eigenvalue weighted by Crippen LogP contribution is 2.15. The molecule has 1 saturated heterocycles. The molecule has 1 fully saturated rings. The van der Waals surface area contributed by atoms with Crippen LogP contribution in [0.5, 0.6) is 0 Å². The van der Waals surface area contributed by atoms with Crippen LogP contribution in [0.2, 0.25) is 0 Å². The molecule has 1 heterocycles. The fourth-order valence-electron chi connectivity index (χ4n) is 3.24. The third kappa shape index (κ3) is 10.9. The van der Waals surface area contributed by atoms with Crippen molar-refractivity contribution in [2.24, 2.45) is 4.99 Å². The third-order valence-electron chi connectivity index (χ3n) is 4.84. The lowest BCUT2D eigenvalue weighted by atomic mass is 10.1. The number of rotatable bonds is 11. The summed E-state index contributed by atoms with van der Waals surface area (Å²) in [5.74, 6) is 0.728. The van der Waals surface area contributed by atoms with Crippen molar-refractivity contribution in [2.45, 2.75) is 38.9 Å². The molecule has 1 aliphatic rings. The van der Waals surface area contributed by atoms with Crippen molar-refractivity contribution in [3.8, 4) is 0 Å². The summed E-state index contributed by atoms with van der Waals surface area (Å²) in [6.45, 7) is 12.3. The number of hydrogen-bond acceptors (Lipinski definition) is 5. The second kappa shape index (κ2) is 15.0. The molecule has 2 rings (SSSR count). The van der Waals surface area contributed by atoms with Gasteiger partial charge in [-0.3, -0.25) is 9.89 Å². The van der Waals surface area contributed by atoms with Crippen LogP contribution in [-0.4, -0.2) is 80.7 Å². The zero-order valence-corrected chi connectivity index (χ0v) is 20.9. The Kier molecular flexibility index (Phi) is 13.5. The highest BCUT2D eigenvalue weighted by molar-refractivity contribution is 14.0. The van der Waals surface area contributed by atoms with Gasteiger partial charge in [0.2, 0.25) is 0 Å². The van der Waals surface area contributed by atoms with E-state index in [4.69, 9.17) is 9.47 Å². The van der Waals surface area contributed by atoms with Gasteiger partial charge in [0.05, 0.1) is 31.5 Å². The Hall–Kier alpha value is -0.940. The summed E-state index contributed by atoms with van der Waals surface area (Å²) in [5, 5.41) is 17.3. The van der Waals surface area contributed by atoms with Gasteiger partial charge < -0.3 is 25.2 Å². The minimum Gasteiger partial charge on any atom is -0.387 e. The van der Waals surface area contributed by atoms with Gasteiger partial charge in [-0.05, 0) is 32.8 Å². The highest BCUT2D eigenvalue weighted by atomic mass is 127. The smallest absolute Gasteiger partial charge is 0.191 e. The van der Waals surface area contributed by atoms with Crippen LogP contribution >= 0.6 is 24.0 Å². The molecule has 0 aromatic heterocycles. The molecule has 0 spiro atoms. The Morgan fingerprint density at radius 1 is 1.27 bits per heavy atom. The van der Waals surface area contributed by atoms with Gasteiger partial charge in [0.1, 0.15) is 0 Å². The van der Waals surface area contributed by atoms with Gasteiger partial charge in [0.25, 0.3) is 0 Å². The number of guanidine groups is 1. The average molecular weight is 534 g/mol. The lowest BCUT2D eigenvalue weighted by Crippen LogP contribution is -2.48. The maximum Gasteiger partial charge on any atom is 0.191 e. The van der Waals surface area contributed by atoms with E-state index in [1.54, 1.807) is 0 Å². The summed E-state index contributed by atoms with van der Waals surface area (Å²) in [7, 11) is 0. The molecule has 0 saturated carbocycles. The first kappa shape index (κ1) is 27.1. The molecule has 2 unspecified atom stereocenters. The lowest BCUT2D eigenvalue weighted by molar-refractivity contribution is -0.0180. The number of halogens is 1. The van der Waals surface area contributed by atoms with Crippen LogP contribution in [0.1, 0.15) is 38.9 Å². The fourth-order valence-corrected chi connectivity index (χ4v) is 3.24. The Labute approximate surface area is 198 Å². The van der Waals surface area contributed by atoms with Gasteiger partial charge in [0, 0.05) is 39.3 Å². The molecule has 1 aromatic rings. The first-order valence-electron chi connectivity index (χ1n) is 10.7. The van der Waals surface area contributed by atoms with E-state index in [-0.39, 0.29) is 30.1 Å². The maximum atomic E-state index is 10.7. The number of morpholine rings is 1. The summed E-state index contributed by atoms with van der Waals surface area (Å²) in [6.07, 6.45) is 0.972. The van der Waals surface area contributed by atoms with Crippen molar-refractivity contribution in [1.29, 1.82) is 0 Å². The van der Waals surface area contributed by atoms with Crippen LogP contribution in [0.25, 0.3) is 0 Å². The fraction of sp³-hybridized carbons (Fsp3) is 0.682. The zero-order valence-electron chi connectivity index (χ0n) is 18.6. The summed E-state index contributed by atoms with van der Waals surface area (Å²) in [4.78, 5) is 6.80. The Morgan fingerprint density at radius 3 is 2.63 bits per heavy atom. The minimum atomic E-state index is -0.867. The maximum absolute atomic E-state index is 10.7. The summed E-state index contributed by atoms with van der Waals surface area (Å²) in [5.41, 5.74) is 0.325. The van der Waals surface area contributed by atoms with Crippen molar-refractivity contribution in [3.05, 3.63) is 35.9 Å². The van der Waals surface area contributed by atoms with Crippen LogP contribution < -0.4 is 10.6 Å². The van der Waals surface area contributed by atoms with Gasteiger partial charge in [-0.1, -0.05) is 30.3 Å². The van der Waals surface area contributed by atoms with Crippen LogP contribution in [0.4, 0.5) is 0 Å². The molecule has 7 nitrogen and oxygen atoms in total. The highest BCUT2D eigenvalue weighted by Gasteiger charge is 2.25. The predicted octanol–water partition coefficient (Wildman–Crippen LogP) is 2.41. The molecule has 3 N–H and O–H groups in total. The number of β-amino-alcohol motifs (C(OH)–C–C–N with tert-alkyl or cyclic N) is 1. The van der Waals surface area contributed by atoms with E-state index in [1.807, 2.05) is 32.0 Å². The van der Waals surface area contributed by atoms with E-state index in [0.29, 0.717) is 19.7 Å². The molecule has 1 aromatic carbocycles. The van der Waals surface area contributed by atoms with Gasteiger partial charge in [-0.25, -0.2) is 0 Å². The quantitative estimate of drug-likeness (QED) is 0.175. The minimum absolute atomic E-state index is 0. The van der Waals surface area contributed by atoms with Gasteiger partial charge in [0.15, 0.2) is 5.96 Å². The van der Waals surface area contributed by atoms with Crippen LogP contribution in [0.15, 0.2) is 35.3 Å². The standard InChI is InChI=1S/C22H38N4O3.HI/c1-4-23-21(25-17-22(3,27)18-26-12-15-28-16-13-26)24-11-8-14-29-19(2)20-9-6-5-7-10-20;/h5-7,9-10,19,27H,4,8,11-18H2,1-3H3,(H2,23,24,25);1H. The van der Waals surface area contributed by atoms with Crippen molar-refractivity contribution >= 4 is 29.9 Å². The van der Waals surface area contributed by atoms with Crippen molar-refractivity contribution in [1.82, 2.24) is 15.5 Å². The van der Waals surface area contributed by atoms with E-state index in [0.717, 1.165) is 51.8 Å². The molecule has 8 heteroatoms. The van der Waals surface area contributed by atoms with Gasteiger partial charge in [-0.2, -0.15) is 0 Å². The second-order valence-corrected chi connectivity index (χ2v) is 7.78. The summed E-state index contributed by atoms with van der Waals surface area (Å²) in [6, 6.07) is 10.2.